The van der Waals surface area contributed by atoms with Gasteiger partial charge in [-0.15, -0.1) is 11.3 Å². The Labute approximate surface area is 97.9 Å². The number of aliphatic imine (C=N–C) groups is 1. The summed E-state index contributed by atoms with van der Waals surface area (Å²) in [6, 6.07) is 5.97. The number of nitrogens with zero attached hydrogens (tertiary/aromatic N) is 2. The third kappa shape index (κ3) is 2.18. The van der Waals surface area contributed by atoms with Gasteiger partial charge < -0.3 is 0 Å². The van der Waals surface area contributed by atoms with Gasteiger partial charge in [0, 0.05) is 5.92 Å². The van der Waals surface area contributed by atoms with Crippen LogP contribution in [-0.2, 0) is 11.3 Å². The summed E-state index contributed by atoms with van der Waals surface area (Å²) in [6.45, 7) is 4.67. The van der Waals surface area contributed by atoms with E-state index in [1.807, 2.05) is 18.2 Å². The van der Waals surface area contributed by atoms with Crippen LogP contribution in [0.5, 0.6) is 0 Å². The van der Waals surface area contributed by atoms with Gasteiger partial charge in [0.15, 0.2) is 0 Å². The van der Waals surface area contributed by atoms with E-state index in [2.05, 4.69) is 23.8 Å². The average molecular weight is 232 g/mol. The molecule has 0 saturated heterocycles. The fourth-order valence-corrected chi connectivity index (χ4v) is 2.49. The molecule has 0 saturated carbocycles. The van der Waals surface area contributed by atoms with Crippen molar-refractivity contribution in [3.05, 3.63) is 28.8 Å². The summed E-state index contributed by atoms with van der Waals surface area (Å²) < 4.78 is 1.15. The molecule has 16 heavy (non-hydrogen) atoms. The molecule has 3 nitrogen and oxygen atoms in total. The highest BCUT2D eigenvalue weighted by Crippen LogP contribution is 2.27. The van der Waals surface area contributed by atoms with Crippen LogP contribution in [0.4, 0.5) is 0 Å². The Morgan fingerprint density at radius 3 is 3.00 bits per heavy atom. The van der Waals surface area contributed by atoms with Crippen molar-refractivity contribution < 1.29 is 4.79 Å². The normalized spacial score (nSPS) is 10.7. The van der Waals surface area contributed by atoms with E-state index in [9.17, 15) is 4.79 Å². The maximum absolute atomic E-state index is 10.0. The summed E-state index contributed by atoms with van der Waals surface area (Å²) >= 11 is 1.70. The number of rotatable bonds is 3. The number of aromatic nitrogens is 1. The number of benzene rings is 1. The Bertz CT molecular complexity index is 553. The van der Waals surface area contributed by atoms with E-state index in [4.69, 9.17) is 0 Å². The highest BCUT2D eigenvalue weighted by molar-refractivity contribution is 7.18. The molecular weight excluding hydrogens is 220 g/mol. The Hall–Kier alpha value is -1.51. The maximum atomic E-state index is 10.0. The molecule has 0 aliphatic carbocycles. The largest absolute Gasteiger partial charge is 0.241 e. The molecule has 1 aromatic heterocycles. The molecule has 0 N–H and O–H groups in total. The number of fused-ring (bicyclic) bond motifs is 1. The number of hydrogen-bond acceptors (Lipinski definition) is 4. The lowest BCUT2D eigenvalue weighted by Crippen LogP contribution is -1.83. The van der Waals surface area contributed by atoms with Crippen LogP contribution in [0.15, 0.2) is 23.2 Å². The number of hydrogen-bond donors (Lipinski definition) is 0. The molecule has 0 aliphatic heterocycles. The van der Waals surface area contributed by atoms with Crippen molar-refractivity contribution in [2.45, 2.75) is 26.3 Å². The Morgan fingerprint density at radius 1 is 1.50 bits per heavy atom. The highest BCUT2D eigenvalue weighted by atomic mass is 32.1. The first-order valence-electron chi connectivity index (χ1n) is 5.13. The summed E-state index contributed by atoms with van der Waals surface area (Å²) in [7, 11) is 0. The SMILES string of the molecule is CC(C)c1nc2ccc(CN=C=O)cc2s1. The zero-order valence-corrected chi connectivity index (χ0v) is 10.0. The van der Waals surface area contributed by atoms with E-state index in [0.29, 0.717) is 12.5 Å². The van der Waals surface area contributed by atoms with Gasteiger partial charge in [-0.1, -0.05) is 19.9 Å². The second kappa shape index (κ2) is 4.56. The number of isocyanates is 1. The molecule has 0 amide bonds. The van der Waals surface area contributed by atoms with Gasteiger partial charge in [0.05, 0.1) is 21.8 Å². The summed E-state index contributed by atoms with van der Waals surface area (Å²) in [5.41, 5.74) is 2.04. The second-order valence-electron chi connectivity index (χ2n) is 3.92. The Morgan fingerprint density at radius 2 is 2.31 bits per heavy atom. The number of thiazole rings is 1. The van der Waals surface area contributed by atoms with Crippen LogP contribution in [0.3, 0.4) is 0 Å². The number of carbonyl (C=O) groups excluding carboxylic acids is 1. The van der Waals surface area contributed by atoms with Crippen molar-refractivity contribution in [3.63, 3.8) is 0 Å². The maximum Gasteiger partial charge on any atom is 0.235 e. The van der Waals surface area contributed by atoms with Crippen LogP contribution in [0.25, 0.3) is 10.2 Å². The van der Waals surface area contributed by atoms with Gasteiger partial charge in [0.1, 0.15) is 0 Å². The molecule has 4 heteroatoms. The molecule has 82 valence electrons. The van der Waals surface area contributed by atoms with Gasteiger partial charge in [-0.2, -0.15) is 0 Å². The summed E-state index contributed by atoms with van der Waals surface area (Å²) in [5, 5.41) is 1.14. The zero-order chi connectivity index (χ0) is 11.5. The molecule has 0 fully saturated rings. The van der Waals surface area contributed by atoms with Crippen molar-refractivity contribution in [1.82, 2.24) is 4.98 Å². The van der Waals surface area contributed by atoms with E-state index < -0.39 is 0 Å². The zero-order valence-electron chi connectivity index (χ0n) is 9.23. The molecule has 2 rings (SSSR count). The first-order valence-corrected chi connectivity index (χ1v) is 5.95. The standard InChI is InChI=1S/C12H12N2OS/c1-8(2)12-14-10-4-3-9(6-13-7-15)5-11(10)16-12/h3-5,8H,6H2,1-2H3. The topological polar surface area (TPSA) is 42.3 Å². The molecule has 2 aromatic rings. The summed E-state index contributed by atoms with van der Waals surface area (Å²) in [5.74, 6) is 0.453. The van der Waals surface area contributed by atoms with Gasteiger partial charge in [0.25, 0.3) is 0 Å². The molecule has 1 aromatic carbocycles. The lowest BCUT2D eigenvalue weighted by Gasteiger charge is -1.94. The van der Waals surface area contributed by atoms with E-state index >= 15 is 0 Å². The third-order valence-electron chi connectivity index (χ3n) is 2.29. The molecule has 0 atom stereocenters. The predicted molar refractivity (Wildman–Crippen MR) is 65.5 cm³/mol. The van der Waals surface area contributed by atoms with Crippen molar-refractivity contribution >= 4 is 27.6 Å². The molecule has 0 spiro atoms. The summed E-state index contributed by atoms with van der Waals surface area (Å²) in [4.78, 5) is 18.1. The molecule has 0 bridgehead atoms. The lowest BCUT2D eigenvalue weighted by atomic mass is 10.2. The first kappa shape index (κ1) is 11.0. The summed E-state index contributed by atoms with van der Waals surface area (Å²) in [6.07, 6.45) is 1.55. The van der Waals surface area contributed by atoms with Gasteiger partial charge in [-0.25, -0.2) is 14.8 Å². The van der Waals surface area contributed by atoms with Gasteiger partial charge in [-0.3, -0.25) is 0 Å². The fourth-order valence-electron chi connectivity index (χ4n) is 1.46. The Kier molecular flexibility index (Phi) is 3.13. The molecule has 0 radical (unpaired) electrons. The minimum atomic E-state index is 0.397. The van der Waals surface area contributed by atoms with Crippen molar-refractivity contribution in [2.75, 3.05) is 0 Å². The van der Waals surface area contributed by atoms with E-state index in [-0.39, 0.29) is 0 Å². The van der Waals surface area contributed by atoms with Crippen LogP contribution >= 0.6 is 11.3 Å². The monoisotopic (exact) mass is 232 g/mol. The van der Waals surface area contributed by atoms with Crippen molar-refractivity contribution in [1.29, 1.82) is 0 Å². The van der Waals surface area contributed by atoms with Gasteiger partial charge >= 0.3 is 0 Å². The van der Waals surface area contributed by atoms with Crippen LogP contribution in [0.1, 0.15) is 30.3 Å². The molecule has 0 aliphatic rings. The van der Waals surface area contributed by atoms with E-state index in [1.165, 1.54) is 0 Å². The smallest absolute Gasteiger partial charge is 0.235 e. The quantitative estimate of drug-likeness (QED) is 0.602. The Balaban J connectivity index is 2.41. The van der Waals surface area contributed by atoms with Gasteiger partial charge in [0.2, 0.25) is 6.08 Å². The third-order valence-corrected chi connectivity index (χ3v) is 3.61. The highest BCUT2D eigenvalue weighted by Gasteiger charge is 2.07. The van der Waals surface area contributed by atoms with Crippen molar-refractivity contribution in [3.8, 4) is 0 Å². The van der Waals surface area contributed by atoms with Crippen LogP contribution < -0.4 is 0 Å². The van der Waals surface area contributed by atoms with Gasteiger partial charge in [-0.05, 0) is 17.7 Å². The first-order chi connectivity index (χ1) is 7.70. The second-order valence-corrected chi connectivity index (χ2v) is 4.98. The van der Waals surface area contributed by atoms with Crippen molar-refractivity contribution in [2.24, 2.45) is 4.99 Å². The molecule has 0 unspecified atom stereocenters. The molecule has 1 heterocycles. The van der Waals surface area contributed by atoms with Crippen LogP contribution in [0.2, 0.25) is 0 Å². The van der Waals surface area contributed by atoms with Crippen LogP contribution in [-0.4, -0.2) is 11.1 Å². The lowest BCUT2D eigenvalue weighted by molar-refractivity contribution is 0.563. The molecular formula is C12H12N2OS. The van der Waals surface area contributed by atoms with E-state index in [1.54, 1.807) is 17.4 Å². The van der Waals surface area contributed by atoms with E-state index in [0.717, 1.165) is 20.8 Å². The predicted octanol–water partition coefficient (Wildman–Crippen LogP) is 3.26. The minimum Gasteiger partial charge on any atom is -0.241 e. The minimum absolute atomic E-state index is 0.397. The van der Waals surface area contributed by atoms with Crippen LogP contribution in [0, 0.1) is 0 Å². The average Bonchev–Trinajstić information content (AvgIpc) is 2.69. The fraction of sp³-hybridized carbons (Fsp3) is 0.333.